The van der Waals surface area contributed by atoms with E-state index in [4.69, 9.17) is 21.6 Å². The summed E-state index contributed by atoms with van der Waals surface area (Å²) in [6.07, 6.45) is 1.67. The topological polar surface area (TPSA) is 45.9 Å². The molecule has 5 heteroatoms. The van der Waals surface area contributed by atoms with Gasteiger partial charge in [0.2, 0.25) is 0 Å². The Bertz CT molecular complexity index is 580. The van der Waals surface area contributed by atoms with Crippen LogP contribution in [0.3, 0.4) is 0 Å². The molecule has 0 amide bonds. The number of ether oxygens (including phenoxy) is 1. The fourth-order valence-electron chi connectivity index (χ4n) is 1.39. The second-order valence-electron chi connectivity index (χ2n) is 3.02. The monoisotopic (exact) mass is 344 g/mol. The first-order valence-electron chi connectivity index (χ1n) is 4.46. The minimum absolute atomic E-state index is 0.00328. The summed E-state index contributed by atoms with van der Waals surface area (Å²) in [6.45, 7) is 0.00328. The lowest BCUT2D eigenvalue weighted by atomic mass is 10.2. The number of hydrogen-bond acceptors (Lipinski definition) is 3. The molecule has 1 aromatic carbocycles. The van der Waals surface area contributed by atoms with E-state index < -0.39 is 0 Å². The Morgan fingerprint density at radius 2 is 2.38 bits per heavy atom. The molecular formula is C11H6ClIN2O. The molecule has 2 aromatic rings. The van der Waals surface area contributed by atoms with E-state index in [-0.39, 0.29) is 6.61 Å². The highest BCUT2D eigenvalue weighted by atomic mass is 127. The standard InChI is InChI=1S/C11H6ClIN2O/c12-8-6-9(13)11(16-5-3-14)10-7(8)2-1-4-15-10/h1-2,4,6H,5H2. The van der Waals surface area contributed by atoms with Gasteiger partial charge in [-0.3, -0.25) is 4.98 Å². The zero-order chi connectivity index (χ0) is 11.5. The summed E-state index contributed by atoms with van der Waals surface area (Å²) in [5.41, 5.74) is 0.689. The average molecular weight is 345 g/mol. The largest absolute Gasteiger partial charge is 0.475 e. The van der Waals surface area contributed by atoms with Gasteiger partial charge < -0.3 is 4.74 Å². The third kappa shape index (κ3) is 2.06. The van der Waals surface area contributed by atoms with E-state index in [0.29, 0.717) is 16.3 Å². The first kappa shape index (κ1) is 11.4. The third-order valence-electron chi connectivity index (χ3n) is 2.03. The van der Waals surface area contributed by atoms with Crippen LogP contribution in [0.1, 0.15) is 0 Å². The van der Waals surface area contributed by atoms with Gasteiger partial charge in [-0.2, -0.15) is 5.26 Å². The van der Waals surface area contributed by atoms with E-state index in [1.165, 1.54) is 0 Å². The van der Waals surface area contributed by atoms with Gasteiger partial charge in [0, 0.05) is 11.6 Å². The molecule has 0 bridgehead atoms. The Labute approximate surface area is 111 Å². The lowest BCUT2D eigenvalue weighted by molar-refractivity contribution is 0.369. The van der Waals surface area contributed by atoms with Gasteiger partial charge in [0.05, 0.1) is 8.59 Å². The van der Waals surface area contributed by atoms with Gasteiger partial charge in [-0.15, -0.1) is 0 Å². The first-order valence-corrected chi connectivity index (χ1v) is 5.92. The highest BCUT2D eigenvalue weighted by molar-refractivity contribution is 14.1. The normalized spacial score (nSPS) is 10.1. The number of halogens is 2. The van der Waals surface area contributed by atoms with Gasteiger partial charge in [-0.25, -0.2) is 0 Å². The second kappa shape index (κ2) is 4.85. The number of pyridine rings is 1. The van der Waals surface area contributed by atoms with E-state index in [2.05, 4.69) is 27.6 Å². The molecular weight excluding hydrogens is 338 g/mol. The molecule has 1 aromatic heterocycles. The molecule has 0 N–H and O–H groups in total. The molecule has 80 valence electrons. The van der Waals surface area contributed by atoms with Crippen LogP contribution >= 0.6 is 34.2 Å². The van der Waals surface area contributed by atoms with Crippen LogP contribution in [0, 0.1) is 14.9 Å². The van der Waals surface area contributed by atoms with E-state index in [0.717, 1.165) is 8.96 Å². The zero-order valence-electron chi connectivity index (χ0n) is 8.08. The van der Waals surface area contributed by atoms with Gasteiger partial charge in [-0.1, -0.05) is 11.6 Å². The predicted octanol–water partition coefficient (Wildman–Crippen LogP) is 3.40. The van der Waals surface area contributed by atoms with Gasteiger partial charge >= 0.3 is 0 Å². The Morgan fingerprint density at radius 1 is 1.56 bits per heavy atom. The predicted molar refractivity (Wildman–Crippen MR) is 70.6 cm³/mol. The van der Waals surface area contributed by atoms with Crippen LogP contribution in [-0.4, -0.2) is 11.6 Å². The van der Waals surface area contributed by atoms with Crippen molar-refractivity contribution in [3.8, 4) is 11.8 Å². The maximum atomic E-state index is 8.52. The Hall–Kier alpha value is -1.06. The van der Waals surface area contributed by atoms with E-state index in [9.17, 15) is 0 Å². The van der Waals surface area contributed by atoms with E-state index >= 15 is 0 Å². The van der Waals surface area contributed by atoms with Gasteiger partial charge in [0.1, 0.15) is 11.6 Å². The fraction of sp³-hybridized carbons (Fsp3) is 0.0909. The lowest BCUT2D eigenvalue weighted by Crippen LogP contribution is -1.98. The van der Waals surface area contributed by atoms with Crippen molar-refractivity contribution in [2.45, 2.75) is 0 Å². The summed E-state index contributed by atoms with van der Waals surface area (Å²) in [5, 5.41) is 9.99. The summed E-state index contributed by atoms with van der Waals surface area (Å²) in [4.78, 5) is 4.23. The Balaban J connectivity index is 2.67. The number of aromatic nitrogens is 1. The highest BCUT2D eigenvalue weighted by Crippen LogP contribution is 2.34. The smallest absolute Gasteiger partial charge is 0.174 e. The van der Waals surface area contributed by atoms with E-state index in [1.54, 1.807) is 12.3 Å². The molecule has 0 unspecified atom stereocenters. The molecule has 0 aliphatic rings. The molecule has 0 radical (unpaired) electrons. The van der Waals surface area contributed by atoms with E-state index in [1.807, 2.05) is 18.2 Å². The molecule has 1 heterocycles. The molecule has 2 rings (SSSR count). The summed E-state index contributed by atoms with van der Waals surface area (Å²) in [6, 6.07) is 7.43. The minimum atomic E-state index is 0.00328. The van der Waals surface area contributed by atoms with Crippen LogP contribution in [0.2, 0.25) is 5.02 Å². The van der Waals surface area contributed by atoms with Crippen molar-refractivity contribution in [1.29, 1.82) is 5.26 Å². The minimum Gasteiger partial charge on any atom is -0.475 e. The van der Waals surface area contributed by atoms with Crippen molar-refractivity contribution < 1.29 is 4.74 Å². The summed E-state index contributed by atoms with van der Waals surface area (Å²) in [7, 11) is 0. The molecule has 3 nitrogen and oxygen atoms in total. The first-order chi connectivity index (χ1) is 7.74. The second-order valence-corrected chi connectivity index (χ2v) is 4.59. The molecule has 0 saturated heterocycles. The van der Waals surface area contributed by atoms with Crippen LogP contribution in [-0.2, 0) is 0 Å². The van der Waals surface area contributed by atoms with Gasteiger partial charge in [0.15, 0.2) is 12.4 Å². The Morgan fingerprint density at radius 3 is 3.12 bits per heavy atom. The summed E-state index contributed by atoms with van der Waals surface area (Å²) in [5.74, 6) is 0.613. The zero-order valence-corrected chi connectivity index (χ0v) is 11.0. The van der Waals surface area contributed by atoms with Crippen molar-refractivity contribution in [2.24, 2.45) is 0 Å². The van der Waals surface area contributed by atoms with Crippen LogP contribution < -0.4 is 4.74 Å². The highest BCUT2D eigenvalue weighted by Gasteiger charge is 2.11. The Kier molecular flexibility index (Phi) is 3.46. The third-order valence-corrected chi connectivity index (χ3v) is 3.15. The number of fused-ring (bicyclic) bond motifs is 1. The maximum Gasteiger partial charge on any atom is 0.174 e. The van der Waals surface area contributed by atoms with Crippen LogP contribution in [0.5, 0.6) is 5.75 Å². The SMILES string of the molecule is N#CCOc1c(I)cc(Cl)c2cccnc12. The fourth-order valence-corrected chi connectivity index (χ4v) is 2.56. The van der Waals surface area contributed by atoms with Crippen molar-refractivity contribution in [3.63, 3.8) is 0 Å². The number of rotatable bonds is 2. The molecule has 0 saturated carbocycles. The van der Waals surface area contributed by atoms with Gasteiger partial charge in [-0.05, 0) is 40.8 Å². The molecule has 0 spiro atoms. The van der Waals surface area contributed by atoms with Crippen LogP contribution in [0.4, 0.5) is 0 Å². The molecule has 0 aliphatic carbocycles. The summed E-state index contributed by atoms with van der Waals surface area (Å²) < 4.78 is 6.22. The van der Waals surface area contributed by atoms with Crippen molar-refractivity contribution >= 4 is 45.1 Å². The average Bonchev–Trinajstić information content (AvgIpc) is 2.29. The van der Waals surface area contributed by atoms with Crippen molar-refractivity contribution in [3.05, 3.63) is 33.0 Å². The number of nitriles is 1. The molecule has 16 heavy (non-hydrogen) atoms. The number of benzene rings is 1. The van der Waals surface area contributed by atoms with Crippen molar-refractivity contribution in [2.75, 3.05) is 6.61 Å². The molecule has 0 atom stereocenters. The van der Waals surface area contributed by atoms with Crippen LogP contribution in [0.15, 0.2) is 24.4 Å². The summed E-state index contributed by atoms with van der Waals surface area (Å²) >= 11 is 8.22. The van der Waals surface area contributed by atoms with Crippen LogP contribution in [0.25, 0.3) is 10.9 Å². The lowest BCUT2D eigenvalue weighted by Gasteiger charge is -2.09. The molecule has 0 aliphatic heterocycles. The number of nitrogens with zero attached hydrogens (tertiary/aromatic N) is 2. The maximum absolute atomic E-state index is 8.52. The van der Waals surface area contributed by atoms with Gasteiger partial charge in [0.25, 0.3) is 0 Å². The molecule has 0 fully saturated rings. The number of hydrogen-bond donors (Lipinski definition) is 0. The van der Waals surface area contributed by atoms with Crippen molar-refractivity contribution in [1.82, 2.24) is 4.98 Å². The quantitative estimate of drug-likeness (QED) is 0.785.